The van der Waals surface area contributed by atoms with Crippen molar-refractivity contribution in [1.82, 2.24) is 0 Å². The number of aliphatic hydroxyl groups excluding tert-OH is 13. The maximum Gasteiger partial charge on any atom is 0.335 e. The molecule has 4 saturated carbocycles. The van der Waals surface area contributed by atoms with Crippen molar-refractivity contribution in [1.29, 1.82) is 0 Å². The number of rotatable bonds is 15. The fourth-order valence-electron chi connectivity index (χ4n) is 18.1. The maximum atomic E-state index is 16.0. The standard InChI is InChI=1S/C61H94O30/c1-22-32(66)43(86-50-39(73)35(69)33(67)28(20-62)84-50)41(75)52(81-22)89-46-45(88-49-38(72)34(68)29(21-63)85-49)42(83-24(3)64)23(2)82-53(46)91-55(80)61-16-14-56(4,5)18-26(61)25-10-11-30-57(6)19-27(65)47(90-51-40(74)36(70)37(71)44(87-51)48(76)77)60(9,54(78)79)31(57)12-13-59(30,8)58(25,7)15-17-61/h10,22-23,26-47,49-53,62-63,65-75H,11-21H2,1-9H3,(H,76,77)(H,78,79). The summed E-state index contributed by atoms with van der Waals surface area (Å²) >= 11 is 0. The molecule has 10 rings (SSSR count). The number of carbonyl (C=O) groups is 4. The van der Waals surface area contributed by atoms with Gasteiger partial charge in [-0.05, 0) is 118 Å². The van der Waals surface area contributed by atoms with Gasteiger partial charge in [0.05, 0.1) is 42.4 Å². The average molecular weight is 1310 g/mol. The molecular formula is C61H94O30. The zero-order chi connectivity index (χ0) is 66.9. The number of carboxylic acids is 2. The Morgan fingerprint density at radius 3 is 1.67 bits per heavy atom. The number of aliphatic hydroxyl groups is 13. The SMILES string of the molecule is CC(=O)OC1C(C)OC(OC(=O)C23CCC(C)(C)CC2C2=CCC4C5(C)CC(O)C(OC6OC(C(=O)O)C(O)C(O)C6O)C(C)(C(=O)O)C5CCC4(C)C2(C)CC3)C(OC2OC(C)C(O)C(OC3OC(CO)C(O)C(O)C3O)C2O)C1OC1OC(CO)C(O)C1O. The van der Waals surface area contributed by atoms with Gasteiger partial charge in [0.25, 0.3) is 0 Å². The van der Waals surface area contributed by atoms with Gasteiger partial charge in [0.15, 0.2) is 43.5 Å². The molecular weight excluding hydrogens is 1210 g/mol. The lowest BCUT2D eigenvalue weighted by Crippen LogP contribution is -2.70. The van der Waals surface area contributed by atoms with Crippen LogP contribution < -0.4 is 0 Å². The van der Waals surface area contributed by atoms with Crippen LogP contribution in [0.4, 0.5) is 0 Å². The minimum absolute atomic E-state index is 0.00262. The van der Waals surface area contributed by atoms with E-state index >= 15 is 4.79 Å². The first kappa shape index (κ1) is 70.5. The highest BCUT2D eigenvalue weighted by atomic mass is 16.8. The van der Waals surface area contributed by atoms with Crippen LogP contribution in [0.3, 0.4) is 0 Å². The second-order valence-corrected chi connectivity index (χ2v) is 29.1. The number of carboxylic acid groups (broad SMARTS) is 2. The molecule has 518 valence electrons. The van der Waals surface area contributed by atoms with Crippen LogP contribution in [0.25, 0.3) is 0 Å². The van der Waals surface area contributed by atoms with Crippen LogP contribution >= 0.6 is 0 Å². The minimum Gasteiger partial charge on any atom is -0.481 e. The Hall–Kier alpha value is -3.26. The van der Waals surface area contributed by atoms with Crippen molar-refractivity contribution in [2.45, 2.75) is 280 Å². The molecule has 0 aromatic rings. The smallest absolute Gasteiger partial charge is 0.335 e. The van der Waals surface area contributed by atoms with E-state index in [1.165, 1.54) is 20.8 Å². The van der Waals surface area contributed by atoms with Gasteiger partial charge in [-0.25, -0.2) is 4.79 Å². The summed E-state index contributed by atoms with van der Waals surface area (Å²) in [6, 6.07) is 0. The van der Waals surface area contributed by atoms with Crippen LogP contribution in [0, 0.1) is 50.2 Å². The number of ether oxygens (including phenoxy) is 11. The molecule has 0 bridgehead atoms. The van der Waals surface area contributed by atoms with Crippen LogP contribution in [-0.2, 0) is 71.3 Å². The molecule has 10 aliphatic rings. The van der Waals surface area contributed by atoms with Gasteiger partial charge >= 0.3 is 23.9 Å². The predicted octanol–water partition coefficient (Wildman–Crippen LogP) is -2.82. The number of carbonyl (C=O) groups excluding carboxylic acids is 2. The van der Waals surface area contributed by atoms with Gasteiger partial charge in [-0.15, -0.1) is 0 Å². The third-order valence-electron chi connectivity index (χ3n) is 23.4. The summed E-state index contributed by atoms with van der Waals surface area (Å²) in [5.74, 6) is -6.08. The number of hydrogen-bond acceptors (Lipinski definition) is 28. The topological polar surface area (TPSA) is 473 Å². The van der Waals surface area contributed by atoms with Gasteiger partial charge in [-0.2, -0.15) is 0 Å². The Balaban J connectivity index is 0.977. The van der Waals surface area contributed by atoms with Gasteiger partial charge in [0, 0.05) is 6.92 Å². The minimum atomic E-state index is -2.08. The van der Waals surface area contributed by atoms with Crippen molar-refractivity contribution in [2.24, 2.45) is 50.2 Å². The van der Waals surface area contributed by atoms with E-state index in [1.54, 1.807) is 0 Å². The van der Waals surface area contributed by atoms with Crippen molar-refractivity contribution in [3.8, 4) is 0 Å². The van der Waals surface area contributed by atoms with E-state index in [-0.39, 0.29) is 24.2 Å². The Morgan fingerprint density at radius 2 is 1.08 bits per heavy atom. The molecule has 0 spiro atoms. The zero-order valence-corrected chi connectivity index (χ0v) is 52.4. The molecule has 5 heterocycles. The Kier molecular flexibility index (Phi) is 19.9. The molecule has 5 aliphatic carbocycles. The quantitative estimate of drug-likeness (QED) is 0.0447. The summed E-state index contributed by atoms with van der Waals surface area (Å²) in [6.07, 6.45) is -40.6. The van der Waals surface area contributed by atoms with Crippen LogP contribution in [0.2, 0.25) is 0 Å². The summed E-state index contributed by atoms with van der Waals surface area (Å²) in [7, 11) is 0. The molecule has 30 heteroatoms. The molecule has 34 atom stereocenters. The maximum absolute atomic E-state index is 16.0. The third-order valence-corrected chi connectivity index (χ3v) is 23.4. The molecule has 30 nitrogen and oxygen atoms in total. The molecule has 0 aromatic carbocycles. The molecule has 9 fully saturated rings. The lowest BCUT2D eigenvalue weighted by molar-refractivity contribution is -0.387. The Labute approximate surface area is 525 Å². The summed E-state index contributed by atoms with van der Waals surface area (Å²) in [4.78, 5) is 54.9. The normalized spacial score (nSPS) is 52.9. The summed E-state index contributed by atoms with van der Waals surface area (Å²) in [5.41, 5.74) is -4.73. The van der Waals surface area contributed by atoms with Crippen LogP contribution in [0.15, 0.2) is 11.6 Å². The first-order chi connectivity index (χ1) is 42.5. The zero-order valence-electron chi connectivity index (χ0n) is 52.4. The Morgan fingerprint density at radius 1 is 0.538 bits per heavy atom. The van der Waals surface area contributed by atoms with Crippen molar-refractivity contribution >= 4 is 23.9 Å². The second-order valence-electron chi connectivity index (χ2n) is 29.1. The molecule has 0 aromatic heterocycles. The van der Waals surface area contributed by atoms with Gasteiger partial charge in [-0.3, -0.25) is 14.4 Å². The van der Waals surface area contributed by atoms with Crippen LogP contribution in [0.1, 0.15) is 120 Å². The molecule has 0 radical (unpaired) electrons. The molecule has 15 N–H and O–H groups in total. The van der Waals surface area contributed by atoms with E-state index in [0.29, 0.717) is 44.9 Å². The van der Waals surface area contributed by atoms with Crippen LogP contribution in [0.5, 0.6) is 0 Å². The summed E-state index contributed by atoms with van der Waals surface area (Å²) < 4.78 is 66.7. The first-order valence-electron chi connectivity index (χ1n) is 31.6. The lowest BCUT2D eigenvalue weighted by Gasteiger charge is -2.71. The van der Waals surface area contributed by atoms with Crippen LogP contribution in [-0.4, -0.2) is 273 Å². The van der Waals surface area contributed by atoms with E-state index in [4.69, 9.17) is 52.1 Å². The summed E-state index contributed by atoms with van der Waals surface area (Å²) in [6.45, 7) is 14.3. The monoisotopic (exact) mass is 1310 g/mol. The van der Waals surface area contributed by atoms with Gasteiger partial charge in [0.1, 0.15) is 91.6 Å². The fourth-order valence-corrected chi connectivity index (χ4v) is 18.1. The van der Waals surface area contributed by atoms with Gasteiger partial charge in [0.2, 0.25) is 6.29 Å². The highest BCUT2D eigenvalue weighted by Crippen LogP contribution is 2.76. The molecule has 91 heavy (non-hydrogen) atoms. The Bertz CT molecular complexity index is 2700. The van der Waals surface area contributed by atoms with E-state index in [1.807, 2.05) is 6.92 Å². The van der Waals surface area contributed by atoms with Crippen molar-refractivity contribution in [3.05, 3.63) is 11.6 Å². The highest BCUT2D eigenvalue weighted by molar-refractivity contribution is 5.79. The third kappa shape index (κ3) is 11.7. The van der Waals surface area contributed by atoms with Crippen molar-refractivity contribution in [3.63, 3.8) is 0 Å². The largest absolute Gasteiger partial charge is 0.481 e. The van der Waals surface area contributed by atoms with E-state index in [9.17, 15) is 91.0 Å². The number of hydrogen-bond donors (Lipinski definition) is 15. The molecule has 5 saturated heterocycles. The summed E-state index contributed by atoms with van der Waals surface area (Å²) in [5, 5.41) is 163. The van der Waals surface area contributed by atoms with Crippen molar-refractivity contribution in [2.75, 3.05) is 13.2 Å². The first-order valence-corrected chi connectivity index (χ1v) is 31.6. The van der Waals surface area contributed by atoms with E-state index in [2.05, 4.69) is 33.8 Å². The number of allylic oxidation sites excluding steroid dienone is 2. The van der Waals surface area contributed by atoms with Crippen molar-refractivity contribution < 1.29 is 148 Å². The molecule has 0 amide bonds. The van der Waals surface area contributed by atoms with Gasteiger partial charge in [-0.1, -0.05) is 46.3 Å². The number of fused-ring (bicyclic) bond motifs is 7. The average Bonchev–Trinajstić information content (AvgIpc) is 0.904. The fraction of sp³-hybridized carbons (Fsp3) is 0.902. The number of aliphatic carboxylic acids is 2. The van der Waals surface area contributed by atoms with Gasteiger partial charge < -0.3 is 129 Å². The molecule has 34 unspecified atom stereocenters. The van der Waals surface area contributed by atoms with E-state index in [0.717, 1.165) is 12.5 Å². The lowest BCUT2D eigenvalue weighted by atomic mass is 9.33. The van der Waals surface area contributed by atoms with E-state index < -0.39 is 236 Å². The second kappa shape index (κ2) is 25.6. The molecule has 5 aliphatic heterocycles. The number of esters is 2. The predicted molar refractivity (Wildman–Crippen MR) is 300 cm³/mol. The highest BCUT2D eigenvalue weighted by Gasteiger charge is 2.73.